The van der Waals surface area contributed by atoms with Gasteiger partial charge in [-0.2, -0.15) is 5.26 Å². The molecule has 0 heterocycles. The number of ether oxygens (including phenoxy) is 1. The normalized spacial score (nSPS) is 11.5. The molecule has 5 heteroatoms. The van der Waals surface area contributed by atoms with Gasteiger partial charge in [-0.1, -0.05) is 19.1 Å². The molecule has 0 spiro atoms. The molecule has 0 bridgehead atoms. The van der Waals surface area contributed by atoms with E-state index in [4.69, 9.17) is 10.00 Å². The lowest BCUT2D eigenvalue weighted by atomic mass is 10.2. The molecule has 0 aliphatic rings. The fraction of sp³-hybridized carbons (Fsp3) is 0.500. The van der Waals surface area contributed by atoms with Gasteiger partial charge in [0.1, 0.15) is 11.8 Å². The second-order valence-corrected chi connectivity index (χ2v) is 4.89. The third kappa shape index (κ3) is 7.33. The van der Waals surface area contributed by atoms with Gasteiger partial charge in [0.15, 0.2) is 6.61 Å². The Balaban J connectivity index is 2.21. The number of rotatable bonds is 9. The Hall–Kier alpha value is -2.06. The largest absolute Gasteiger partial charge is 0.479 e. The topological polar surface area (TPSA) is 74.2 Å². The van der Waals surface area contributed by atoms with Gasteiger partial charge >= 0.3 is 0 Å². The van der Waals surface area contributed by atoms with Crippen LogP contribution in [0.5, 0.6) is 5.75 Å². The zero-order valence-corrected chi connectivity index (χ0v) is 12.7. The van der Waals surface area contributed by atoms with Crippen molar-refractivity contribution in [3.8, 4) is 11.8 Å². The van der Waals surface area contributed by atoms with Gasteiger partial charge in [-0.15, -0.1) is 0 Å². The number of carbonyl (C=O) groups is 1. The summed E-state index contributed by atoms with van der Waals surface area (Å²) in [5.74, 6) is 0.769. The van der Waals surface area contributed by atoms with E-state index in [9.17, 15) is 4.79 Å². The van der Waals surface area contributed by atoms with E-state index in [2.05, 4.69) is 10.6 Å². The fourth-order valence-electron chi connectivity index (χ4n) is 1.70. The molecule has 21 heavy (non-hydrogen) atoms. The minimum absolute atomic E-state index is 0.0584. The minimum atomic E-state index is 0.0584. The Labute approximate surface area is 126 Å². The van der Waals surface area contributed by atoms with Crippen LogP contribution < -0.4 is 15.4 Å². The predicted molar refractivity (Wildman–Crippen MR) is 81.8 cm³/mol. The SMILES string of the molecule is CCC(C)NC(=O)CCNCc1ccc(OCC#N)cc1. The third-order valence-corrected chi connectivity index (χ3v) is 3.10. The van der Waals surface area contributed by atoms with Gasteiger partial charge in [-0.05, 0) is 31.0 Å². The number of nitrogens with one attached hydrogen (secondary N) is 2. The molecular formula is C16H23N3O2. The van der Waals surface area contributed by atoms with Crippen molar-refractivity contribution in [2.45, 2.75) is 39.3 Å². The number of hydrogen-bond acceptors (Lipinski definition) is 4. The lowest BCUT2D eigenvalue weighted by molar-refractivity contribution is -0.121. The van der Waals surface area contributed by atoms with E-state index in [-0.39, 0.29) is 18.6 Å². The maximum Gasteiger partial charge on any atom is 0.221 e. The Bertz CT molecular complexity index is 465. The van der Waals surface area contributed by atoms with Crippen molar-refractivity contribution in [1.29, 1.82) is 5.26 Å². The maximum atomic E-state index is 11.6. The van der Waals surface area contributed by atoms with Crippen LogP contribution in [0.25, 0.3) is 0 Å². The summed E-state index contributed by atoms with van der Waals surface area (Å²) >= 11 is 0. The lowest BCUT2D eigenvalue weighted by Gasteiger charge is -2.11. The summed E-state index contributed by atoms with van der Waals surface area (Å²) < 4.78 is 5.18. The molecule has 0 radical (unpaired) electrons. The first-order chi connectivity index (χ1) is 10.2. The lowest BCUT2D eigenvalue weighted by Crippen LogP contribution is -2.33. The summed E-state index contributed by atoms with van der Waals surface area (Å²) in [5, 5.41) is 14.6. The number of nitrogens with zero attached hydrogens (tertiary/aromatic N) is 1. The fourth-order valence-corrected chi connectivity index (χ4v) is 1.70. The molecular weight excluding hydrogens is 266 g/mol. The van der Waals surface area contributed by atoms with E-state index >= 15 is 0 Å². The van der Waals surface area contributed by atoms with E-state index in [1.807, 2.05) is 44.2 Å². The maximum absolute atomic E-state index is 11.6. The number of hydrogen-bond donors (Lipinski definition) is 2. The molecule has 0 fully saturated rings. The summed E-state index contributed by atoms with van der Waals surface area (Å²) in [6.07, 6.45) is 1.42. The molecule has 5 nitrogen and oxygen atoms in total. The first-order valence-electron chi connectivity index (χ1n) is 7.24. The quantitative estimate of drug-likeness (QED) is 0.682. The van der Waals surface area contributed by atoms with Crippen LogP contribution in [0.15, 0.2) is 24.3 Å². The van der Waals surface area contributed by atoms with Crippen LogP contribution >= 0.6 is 0 Å². The highest BCUT2D eigenvalue weighted by atomic mass is 16.5. The van der Waals surface area contributed by atoms with Crippen LogP contribution in [-0.4, -0.2) is 25.1 Å². The van der Waals surface area contributed by atoms with E-state index in [1.54, 1.807) is 0 Å². The standard InChI is InChI=1S/C16H23N3O2/c1-3-13(2)19-16(20)8-10-18-12-14-4-6-15(7-5-14)21-11-9-17/h4-7,13,18H,3,8,10-12H2,1-2H3,(H,19,20). The highest BCUT2D eigenvalue weighted by molar-refractivity contribution is 5.76. The van der Waals surface area contributed by atoms with Gasteiger partial charge in [0.2, 0.25) is 5.91 Å². The summed E-state index contributed by atoms with van der Waals surface area (Å²) in [4.78, 5) is 11.6. The number of benzene rings is 1. The Morgan fingerprint density at radius 3 is 2.71 bits per heavy atom. The molecule has 0 aliphatic heterocycles. The van der Waals surface area contributed by atoms with Gasteiger partial charge in [-0.25, -0.2) is 0 Å². The van der Waals surface area contributed by atoms with E-state index in [0.717, 1.165) is 12.0 Å². The Kier molecular flexibility index (Phi) is 7.92. The number of carbonyl (C=O) groups excluding carboxylic acids is 1. The minimum Gasteiger partial charge on any atom is -0.479 e. The average Bonchev–Trinajstić information content (AvgIpc) is 2.50. The van der Waals surface area contributed by atoms with Gasteiger partial charge in [0, 0.05) is 25.6 Å². The zero-order valence-electron chi connectivity index (χ0n) is 12.7. The molecule has 0 aliphatic carbocycles. The predicted octanol–water partition coefficient (Wildman–Crippen LogP) is 1.98. The smallest absolute Gasteiger partial charge is 0.221 e. The molecule has 1 aromatic rings. The summed E-state index contributed by atoms with van der Waals surface area (Å²) in [6.45, 7) is 5.46. The average molecular weight is 289 g/mol. The van der Waals surface area contributed by atoms with Crippen LogP contribution in [0.2, 0.25) is 0 Å². The van der Waals surface area contributed by atoms with Crippen molar-refractivity contribution in [3.63, 3.8) is 0 Å². The van der Waals surface area contributed by atoms with E-state index < -0.39 is 0 Å². The molecule has 1 unspecified atom stereocenters. The number of nitriles is 1. The van der Waals surface area contributed by atoms with Crippen LogP contribution in [0.1, 0.15) is 32.3 Å². The molecule has 1 rings (SSSR count). The van der Waals surface area contributed by atoms with Crippen LogP contribution in [0.4, 0.5) is 0 Å². The van der Waals surface area contributed by atoms with Gasteiger partial charge in [0.05, 0.1) is 0 Å². The third-order valence-electron chi connectivity index (χ3n) is 3.10. The summed E-state index contributed by atoms with van der Waals surface area (Å²) in [7, 11) is 0. The molecule has 0 saturated carbocycles. The van der Waals surface area contributed by atoms with Crippen molar-refractivity contribution in [2.24, 2.45) is 0 Å². The first kappa shape index (κ1) is 17.0. The summed E-state index contributed by atoms with van der Waals surface area (Å²) in [6, 6.07) is 9.72. The number of amides is 1. The Morgan fingerprint density at radius 2 is 2.10 bits per heavy atom. The molecule has 1 amide bonds. The van der Waals surface area contributed by atoms with Crippen LogP contribution in [0.3, 0.4) is 0 Å². The summed E-state index contributed by atoms with van der Waals surface area (Å²) in [5.41, 5.74) is 1.11. The first-order valence-corrected chi connectivity index (χ1v) is 7.24. The molecule has 0 aromatic heterocycles. The van der Waals surface area contributed by atoms with Crippen LogP contribution in [-0.2, 0) is 11.3 Å². The van der Waals surface area contributed by atoms with Crippen LogP contribution in [0, 0.1) is 11.3 Å². The second-order valence-electron chi connectivity index (χ2n) is 4.89. The molecule has 0 saturated heterocycles. The molecule has 1 aromatic carbocycles. The molecule has 114 valence electrons. The monoisotopic (exact) mass is 289 g/mol. The van der Waals surface area contributed by atoms with Crippen molar-refractivity contribution in [3.05, 3.63) is 29.8 Å². The molecule has 2 N–H and O–H groups in total. The van der Waals surface area contributed by atoms with Crippen molar-refractivity contribution in [2.75, 3.05) is 13.2 Å². The second kappa shape index (κ2) is 9.78. The Morgan fingerprint density at radius 1 is 1.38 bits per heavy atom. The van der Waals surface area contributed by atoms with Crippen molar-refractivity contribution >= 4 is 5.91 Å². The molecule has 1 atom stereocenters. The van der Waals surface area contributed by atoms with Crippen molar-refractivity contribution in [1.82, 2.24) is 10.6 Å². The van der Waals surface area contributed by atoms with Gasteiger partial charge in [0.25, 0.3) is 0 Å². The highest BCUT2D eigenvalue weighted by Gasteiger charge is 2.04. The van der Waals surface area contributed by atoms with Crippen molar-refractivity contribution < 1.29 is 9.53 Å². The zero-order chi connectivity index (χ0) is 15.5. The van der Waals surface area contributed by atoms with E-state index in [0.29, 0.717) is 25.3 Å². The van der Waals surface area contributed by atoms with E-state index in [1.165, 1.54) is 0 Å². The van der Waals surface area contributed by atoms with Gasteiger partial charge < -0.3 is 15.4 Å². The highest BCUT2D eigenvalue weighted by Crippen LogP contribution is 2.11. The van der Waals surface area contributed by atoms with Gasteiger partial charge in [-0.3, -0.25) is 4.79 Å².